The molecule has 0 unspecified atom stereocenters. The Balaban J connectivity index is 2.12. The lowest BCUT2D eigenvalue weighted by molar-refractivity contribution is 0.282. The van der Waals surface area contributed by atoms with Crippen LogP contribution in [0.25, 0.3) is 21.3 Å². The van der Waals surface area contributed by atoms with Crippen LogP contribution < -0.4 is 0 Å². The normalized spacial score (nSPS) is 11.0. The maximum Gasteiger partial charge on any atom is 0.0907 e. The zero-order valence-corrected chi connectivity index (χ0v) is 10.9. The lowest BCUT2D eigenvalue weighted by Gasteiger charge is -2.03. The fourth-order valence-corrected chi connectivity index (χ4v) is 2.88. The topological polar surface area (TPSA) is 33.1 Å². The second kappa shape index (κ2) is 4.52. The minimum absolute atomic E-state index is 0.0753. The highest BCUT2D eigenvalue weighted by molar-refractivity contribution is 7.18. The van der Waals surface area contributed by atoms with E-state index in [0.717, 1.165) is 27.2 Å². The van der Waals surface area contributed by atoms with Crippen LogP contribution in [0.2, 0.25) is 0 Å². The van der Waals surface area contributed by atoms with Gasteiger partial charge in [-0.3, -0.25) is 0 Å². The molecule has 2 aromatic carbocycles. The molecule has 0 spiro atoms. The van der Waals surface area contributed by atoms with Crippen molar-refractivity contribution < 1.29 is 5.11 Å². The van der Waals surface area contributed by atoms with Gasteiger partial charge in [0, 0.05) is 0 Å². The van der Waals surface area contributed by atoms with Gasteiger partial charge in [0.15, 0.2) is 0 Å². The van der Waals surface area contributed by atoms with Crippen LogP contribution in [-0.4, -0.2) is 10.1 Å². The van der Waals surface area contributed by atoms with E-state index < -0.39 is 0 Å². The number of aliphatic hydroxyl groups excluding tert-OH is 1. The molecule has 0 saturated carbocycles. The van der Waals surface area contributed by atoms with Gasteiger partial charge in [0.05, 0.1) is 21.8 Å². The van der Waals surface area contributed by atoms with E-state index in [2.05, 4.69) is 29.2 Å². The average molecular weight is 255 g/mol. The number of hydrogen-bond acceptors (Lipinski definition) is 3. The SMILES string of the molecule is Cc1nc2cc(-c3cccc(CO)c3)ccc2s1. The molecular formula is C15H13NOS. The summed E-state index contributed by atoms with van der Waals surface area (Å²) < 4.78 is 1.22. The highest BCUT2D eigenvalue weighted by atomic mass is 32.1. The highest BCUT2D eigenvalue weighted by Gasteiger charge is 2.04. The van der Waals surface area contributed by atoms with Crippen LogP contribution in [0, 0.1) is 6.92 Å². The number of aryl methyl sites for hydroxylation is 1. The molecule has 2 nitrogen and oxygen atoms in total. The molecule has 1 heterocycles. The molecule has 1 N–H and O–H groups in total. The molecule has 0 amide bonds. The number of nitrogens with zero attached hydrogens (tertiary/aromatic N) is 1. The first kappa shape index (κ1) is 11.4. The van der Waals surface area contributed by atoms with E-state index in [0.29, 0.717) is 0 Å². The van der Waals surface area contributed by atoms with Crippen molar-refractivity contribution in [3.8, 4) is 11.1 Å². The van der Waals surface area contributed by atoms with Crippen molar-refractivity contribution in [2.75, 3.05) is 0 Å². The van der Waals surface area contributed by atoms with Gasteiger partial charge >= 0.3 is 0 Å². The summed E-state index contributed by atoms with van der Waals surface area (Å²) in [7, 11) is 0. The molecule has 0 bridgehead atoms. The predicted octanol–water partition coefficient (Wildman–Crippen LogP) is 3.76. The van der Waals surface area contributed by atoms with Crippen molar-refractivity contribution in [1.82, 2.24) is 4.98 Å². The van der Waals surface area contributed by atoms with E-state index in [9.17, 15) is 5.11 Å². The van der Waals surface area contributed by atoms with Crippen LogP contribution in [0.3, 0.4) is 0 Å². The second-order valence-corrected chi connectivity index (χ2v) is 5.51. The van der Waals surface area contributed by atoms with Crippen molar-refractivity contribution in [3.63, 3.8) is 0 Å². The molecule has 3 aromatic rings. The zero-order chi connectivity index (χ0) is 12.5. The Morgan fingerprint density at radius 2 is 1.94 bits per heavy atom. The predicted molar refractivity (Wildman–Crippen MR) is 75.7 cm³/mol. The minimum Gasteiger partial charge on any atom is -0.392 e. The first-order valence-electron chi connectivity index (χ1n) is 5.83. The van der Waals surface area contributed by atoms with Crippen LogP contribution in [0.15, 0.2) is 42.5 Å². The number of benzene rings is 2. The lowest BCUT2D eigenvalue weighted by atomic mass is 10.0. The van der Waals surface area contributed by atoms with Gasteiger partial charge in [-0.15, -0.1) is 11.3 Å². The second-order valence-electron chi connectivity index (χ2n) is 4.27. The number of fused-ring (bicyclic) bond motifs is 1. The summed E-state index contributed by atoms with van der Waals surface area (Å²) in [6.45, 7) is 2.10. The molecule has 3 rings (SSSR count). The summed E-state index contributed by atoms with van der Waals surface area (Å²) in [6, 6.07) is 14.3. The monoisotopic (exact) mass is 255 g/mol. The Morgan fingerprint density at radius 1 is 1.11 bits per heavy atom. The maximum atomic E-state index is 9.17. The van der Waals surface area contributed by atoms with E-state index in [-0.39, 0.29) is 6.61 Å². The largest absolute Gasteiger partial charge is 0.392 e. The smallest absolute Gasteiger partial charge is 0.0907 e. The molecule has 3 heteroatoms. The zero-order valence-electron chi connectivity index (χ0n) is 10.1. The molecule has 0 aliphatic carbocycles. The lowest BCUT2D eigenvalue weighted by Crippen LogP contribution is -1.84. The molecule has 90 valence electrons. The molecule has 0 fully saturated rings. The van der Waals surface area contributed by atoms with Crippen LogP contribution in [0.5, 0.6) is 0 Å². The number of hydrogen-bond donors (Lipinski definition) is 1. The van der Waals surface area contributed by atoms with Crippen molar-refractivity contribution in [1.29, 1.82) is 0 Å². The van der Waals surface area contributed by atoms with Crippen molar-refractivity contribution >= 4 is 21.6 Å². The third kappa shape index (κ3) is 2.03. The third-order valence-corrected chi connectivity index (χ3v) is 3.89. The summed E-state index contributed by atoms with van der Waals surface area (Å²) in [4.78, 5) is 4.51. The number of thiazole rings is 1. The van der Waals surface area contributed by atoms with Crippen LogP contribution >= 0.6 is 11.3 Å². The maximum absolute atomic E-state index is 9.17. The summed E-state index contributed by atoms with van der Waals surface area (Å²) in [5, 5.41) is 10.3. The average Bonchev–Trinajstić information content (AvgIpc) is 2.77. The Hall–Kier alpha value is -1.71. The molecule has 1 aromatic heterocycles. The van der Waals surface area contributed by atoms with Gasteiger partial charge in [0.1, 0.15) is 0 Å². The Kier molecular flexibility index (Phi) is 2.86. The van der Waals surface area contributed by atoms with E-state index >= 15 is 0 Å². The van der Waals surface area contributed by atoms with Crippen LogP contribution in [0.4, 0.5) is 0 Å². The number of aromatic nitrogens is 1. The first-order valence-corrected chi connectivity index (χ1v) is 6.65. The first-order chi connectivity index (χ1) is 8.76. The van der Waals surface area contributed by atoms with E-state index in [1.54, 1.807) is 11.3 Å². The van der Waals surface area contributed by atoms with Gasteiger partial charge in [0.25, 0.3) is 0 Å². The summed E-state index contributed by atoms with van der Waals surface area (Å²) in [5.74, 6) is 0. The third-order valence-electron chi connectivity index (χ3n) is 2.94. The van der Waals surface area contributed by atoms with Crippen LogP contribution in [0.1, 0.15) is 10.6 Å². The van der Waals surface area contributed by atoms with Crippen molar-refractivity contribution in [3.05, 3.63) is 53.0 Å². The van der Waals surface area contributed by atoms with Crippen molar-refractivity contribution in [2.45, 2.75) is 13.5 Å². The molecule has 0 radical (unpaired) electrons. The summed E-state index contributed by atoms with van der Waals surface area (Å²) >= 11 is 1.71. The van der Waals surface area contributed by atoms with Gasteiger partial charge in [-0.05, 0) is 41.8 Å². The van der Waals surface area contributed by atoms with E-state index in [1.807, 2.05) is 25.1 Å². The Labute approximate surface area is 110 Å². The Bertz CT molecular complexity index is 703. The molecule has 0 atom stereocenters. The fourth-order valence-electron chi connectivity index (χ4n) is 2.07. The van der Waals surface area contributed by atoms with Crippen molar-refractivity contribution in [2.24, 2.45) is 0 Å². The van der Waals surface area contributed by atoms with Gasteiger partial charge < -0.3 is 5.11 Å². The molecular weight excluding hydrogens is 242 g/mol. The van der Waals surface area contributed by atoms with E-state index in [4.69, 9.17) is 0 Å². The number of rotatable bonds is 2. The Morgan fingerprint density at radius 3 is 2.78 bits per heavy atom. The minimum atomic E-state index is 0.0753. The van der Waals surface area contributed by atoms with Gasteiger partial charge in [-0.1, -0.05) is 24.3 Å². The quantitative estimate of drug-likeness (QED) is 0.756. The van der Waals surface area contributed by atoms with Gasteiger partial charge in [-0.2, -0.15) is 0 Å². The summed E-state index contributed by atoms with van der Waals surface area (Å²) in [5.41, 5.74) is 4.24. The van der Waals surface area contributed by atoms with Gasteiger partial charge in [0.2, 0.25) is 0 Å². The molecule has 18 heavy (non-hydrogen) atoms. The highest BCUT2D eigenvalue weighted by Crippen LogP contribution is 2.28. The van der Waals surface area contributed by atoms with Gasteiger partial charge in [-0.25, -0.2) is 4.98 Å². The molecule has 0 aliphatic heterocycles. The molecule has 0 aliphatic rings. The molecule has 0 saturated heterocycles. The standard InChI is InChI=1S/C15H13NOS/c1-10-16-14-8-13(5-6-15(14)18-10)12-4-2-3-11(7-12)9-17/h2-8,17H,9H2,1H3. The fraction of sp³-hybridized carbons (Fsp3) is 0.133. The van der Waals surface area contributed by atoms with Crippen LogP contribution in [-0.2, 0) is 6.61 Å². The van der Waals surface area contributed by atoms with E-state index in [1.165, 1.54) is 4.70 Å². The summed E-state index contributed by atoms with van der Waals surface area (Å²) in [6.07, 6.45) is 0. The number of aliphatic hydroxyl groups is 1.